The van der Waals surface area contributed by atoms with Crippen LogP contribution in [0.25, 0.3) is 16.7 Å². The molecule has 0 heterocycles. The first-order valence-electron chi connectivity index (χ1n) is 11.0. The summed E-state index contributed by atoms with van der Waals surface area (Å²) in [5.41, 5.74) is 2.13. The van der Waals surface area contributed by atoms with Crippen LogP contribution in [0.5, 0.6) is 0 Å². The second kappa shape index (κ2) is 9.69. The van der Waals surface area contributed by atoms with Crippen molar-refractivity contribution in [2.45, 2.75) is 37.5 Å². The zero-order valence-corrected chi connectivity index (χ0v) is 21.2. The van der Waals surface area contributed by atoms with E-state index >= 15 is 0 Å². The lowest BCUT2D eigenvalue weighted by atomic mass is 9.99. The van der Waals surface area contributed by atoms with Crippen molar-refractivity contribution in [3.63, 3.8) is 0 Å². The van der Waals surface area contributed by atoms with Gasteiger partial charge in [-0.1, -0.05) is 39.8 Å². The molecule has 0 saturated carbocycles. The Hall–Kier alpha value is -3.02. The SMILES string of the molecule is CCN(CC)S(=O)(=O)c1ccc2c(c1)C(=C(C#N)C#N)c1cc(S(=O)(=O)N(CC)CC)ccc1-2. The zero-order valence-electron chi connectivity index (χ0n) is 19.5. The van der Waals surface area contributed by atoms with E-state index in [-0.39, 0.29) is 20.9 Å². The molecule has 8 nitrogen and oxygen atoms in total. The summed E-state index contributed by atoms with van der Waals surface area (Å²) in [7, 11) is -7.56. The van der Waals surface area contributed by atoms with E-state index in [1.54, 1.807) is 39.8 Å². The molecule has 0 atom stereocenters. The Morgan fingerprint density at radius 2 is 1.03 bits per heavy atom. The summed E-state index contributed by atoms with van der Waals surface area (Å²) in [6.45, 7) is 8.18. The van der Waals surface area contributed by atoms with E-state index in [0.717, 1.165) is 0 Å². The van der Waals surface area contributed by atoms with Crippen molar-refractivity contribution in [2.75, 3.05) is 26.2 Å². The van der Waals surface area contributed by atoms with E-state index in [9.17, 15) is 27.4 Å². The standard InChI is InChI=1S/C24H26N4O4S2/c1-5-27(6-2)33(29,30)18-9-11-20-21-12-10-19(34(31,32)28(7-3)8-4)14-23(21)24(22(20)13-18)17(15-25)16-26/h9-14H,5-8H2,1-4H3. The predicted molar refractivity (Wildman–Crippen MR) is 129 cm³/mol. The van der Waals surface area contributed by atoms with Crippen molar-refractivity contribution in [3.05, 3.63) is 53.1 Å². The summed E-state index contributed by atoms with van der Waals surface area (Å²) in [6.07, 6.45) is 0. The number of nitriles is 2. The Balaban J connectivity index is 2.31. The summed E-state index contributed by atoms with van der Waals surface area (Å²) in [5, 5.41) is 19.3. The fourth-order valence-corrected chi connectivity index (χ4v) is 7.20. The van der Waals surface area contributed by atoms with Crippen LogP contribution in [0, 0.1) is 22.7 Å². The Labute approximate surface area is 201 Å². The van der Waals surface area contributed by atoms with Crippen LogP contribution in [0.4, 0.5) is 0 Å². The normalized spacial score (nSPS) is 12.9. The molecular formula is C24H26N4O4S2. The van der Waals surface area contributed by atoms with E-state index in [1.165, 1.54) is 32.9 Å². The van der Waals surface area contributed by atoms with Crippen molar-refractivity contribution in [2.24, 2.45) is 0 Å². The summed E-state index contributed by atoms with van der Waals surface area (Å²) in [4.78, 5) is 0.0953. The lowest BCUT2D eigenvalue weighted by molar-refractivity contribution is 0.444. The molecule has 2 aromatic rings. The van der Waals surface area contributed by atoms with Crippen molar-refractivity contribution in [1.29, 1.82) is 10.5 Å². The van der Waals surface area contributed by atoms with Crippen molar-refractivity contribution < 1.29 is 16.8 Å². The van der Waals surface area contributed by atoms with Gasteiger partial charge < -0.3 is 0 Å². The molecule has 0 saturated heterocycles. The molecule has 2 aromatic carbocycles. The number of fused-ring (bicyclic) bond motifs is 3. The van der Waals surface area contributed by atoms with Gasteiger partial charge in [-0.2, -0.15) is 19.1 Å². The second-order valence-electron chi connectivity index (χ2n) is 7.57. The second-order valence-corrected chi connectivity index (χ2v) is 11.4. The minimum absolute atomic E-state index is 0.0477. The van der Waals surface area contributed by atoms with Gasteiger partial charge in [-0.3, -0.25) is 0 Å². The fraction of sp³-hybridized carbons (Fsp3) is 0.333. The Kier molecular flexibility index (Phi) is 7.29. The maximum absolute atomic E-state index is 13.1. The quantitative estimate of drug-likeness (QED) is 0.438. The number of hydrogen-bond donors (Lipinski definition) is 0. The van der Waals surface area contributed by atoms with E-state index < -0.39 is 20.0 Å². The largest absolute Gasteiger partial charge is 0.243 e. The van der Waals surface area contributed by atoms with Gasteiger partial charge in [0, 0.05) is 31.8 Å². The van der Waals surface area contributed by atoms with Crippen molar-refractivity contribution in [3.8, 4) is 23.3 Å². The Morgan fingerprint density at radius 3 is 1.32 bits per heavy atom. The predicted octanol–water partition coefficient (Wildman–Crippen LogP) is 3.58. The third-order valence-corrected chi connectivity index (χ3v) is 10.1. The summed E-state index contributed by atoms with van der Waals surface area (Å²) in [6, 6.07) is 13.0. The lowest BCUT2D eigenvalue weighted by Crippen LogP contribution is -2.30. The number of nitrogens with zero attached hydrogens (tertiary/aromatic N) is 4. The molecule has 0 unspecified atom stereocenters. The van der Waals surface area contributed by atoms with Crippen molar-refractivity contribution in [1.82, 2.24) is 8.61 Å². The van der Waals surface area contributed by atoms with Gasteiger partial charge in [0.1, 0.15) is 17.7 Å². The van der Waals surface area contributed by atoms with Crippen LogP contribution < -0.4 is 0 Å². The summed E-state index contributed by atoms with van der Waals surface area (Å²) in [5.74, 6) is 0. The molecule has 3 rings (SSSR count). The van der Waals surface area contributed by atoms with Crippen LogP contribution in [-0.4, -0.2) is 51.6 Å². The Morgan fingerprint density at radius 1 is 0.676 bits per heavy atom. The highest BCUT2D eigenvalue weighted by molar-refractivity contribution is 7.89. The topological polar surface area (TPSA) is 122 Å². The first-order chi connectivity index (χ1) is 16.1. The maximum Gasteiger partial charge on any atom is 0.243 e. The van der Waals surface area contributed by atoms with Crippen LogP contribution in [-0.2, 0) is 20.0 Å². The highest BCUT2D eigenvalue weighted by Crippen LogP contribution is 2.47. The van der Waals surface area contributed by atoms with E-state index in [4.69, 9.17) is 0 Å². The van der Waals surface area contributed by atoms with Gasteiger partial charge in [-0.05, 0) is 46.5 Å². The minimum Gasteiger partial charge on any atom is -0.207 e. The van der Waals surface area contributed by atoms with Crippen molar-refractivity contribution >= 4 is 25.6 Å². The summed E-state index contributed by atoms with van der Waals surface area (Å²) >= 11 is 0. The highest BCUT2D eigenvalue weighted by Gasteiger charge is 2.32. The van der Waals surface area contributed by atoms with Gasteiger partial charge in [0.2, 0.25) is 20.0 Å². The molecule has 0 spiro atoms. The molecule has 34 heavy (non-hydrogen) atoms. The molecule has 0 amide bonds. The van der Waals surface area contributed by atoms with Gasteiger partial charge >= 0.3 is 0 Å². The number of sulfonamides is 2. The zero-order chi connectivity index (χ0) is 25.3. The molecule has 178 valence electrons. The van der Waals surface area contributed by atoms with Gasteiger partial charge in [-0.15, -0.1) is 0 Å². The van der Waals surface area contributed by atoms with Gasteiger partial charge in [0.15, 0.2) is 0 Å². The molecule has 10 heteroatoms. The molecule has 1 aliphatic rings. The smallest absolute Gasteiger partial charge is 0.207 e. The lowest BCUT2D eigenvalue weighted by Gasteiger charge is -2.19. The van der Waals surface area contributed by atoms with Gasteiger partial charge in [0.25, 0.3) is 0 Å². The number of hydrogen-bond acceptors (Lipinski definition) is 6. The third kappa shape index (κ3) is 4.04. The molecule has 1 aliphatic carbocycles. The average Bonchev–Trinajstić information content (AvgIpc) is 3.14. The molecule has 0 bridgehead atoms. The van der Waals surface area contributed by atoms with Gasteiger partial charge in [0.05, 0.1) is 9.79 Å². The van der Waals surface area contributed by atoms with Gasteiger partial charge in [-0.25, -0.2) is 16.8 Å². The van der Waals surface area contributed by atoms with E-state index in [1.807, 2.05) is 12.1 Å². The first-order valence-corrected chi connectivity index (χ1v) is 13.8. The highest BCUT2D eigenvalue weighted by atomic mass is 32.2. The fourth-order valence-electron chi connectivity index (χ4n) is 4.23. The number of benzene rings is 2. The van der Waals surface area contributed by atoms with E-state index in [2.05, 4.69) is 0 Å². The number of allylic oxidation sites excluding steroid dienone is 1. The molecule has 0 aromatic heterocycles. The summed E-state index contributed by atoms with van der Waals surface area (Å²) < 4.78 is 55.1. The third-order valence-electron chi connectivity index (χ3n) is 5.97. The molecule has 0 aliphatic heterocycles. The van der Waals surface area contributed by atoms with Crippen LogP contribution in [0.2, 0.25) is 0 Å². The molecule has 0 radical (unpaired) electrons. The Bertz CT molecular complexity index is 1350. The molecule has 0 N–H and O–H groups in total. The van der Waals surface area contributed by atoms with Crippen LogP contribution in [0.1, 0.15) is 38.8 Å². The minimum atomic E-state index is -3.78. The molecule has 0 fully saturated rings. The molecular weight excluding hydrogens is 472 g/mol. The average molecular weight is 499 g/mol. The monoisotopic (exact) mass is 498 g/mol. The first kappa shape index (κ1) is 25.6. The van der Waals surface area contributed by atoms with Crippen LogP contribution in [0.15, 0.2) is 51.8 Å². The maximum atomic E-state index is 13.1. The van der Waals surface area contributed by atoms with E-state index in [0.29, 0.717) is 48.4 Å². The van der Waals surface area contributed by atoms with Crippen LogP contribution >= 0.6 is 0 Å². The van der Waals surface area contributed by atoms with Crippen LogP contribution in [0.3, 0.4) is 0 Å². The number of rotatable bonds is 8.